The summed E-state index contributed by atoms with van der Waals surface area (Å²) in [7, 11) is 0. The maximum atomic E-state index is 12.6. The second-order valence-electron chi connectivity index (χ2n) is 7.31. The first kappa shape index (κ1) is 15.2. The van der Waals surface area contributed by atoms with Crippen LogP contribution in [0.5, 0.6) is 0 Å². The van der Waals surface area contributed by atoms with Gasteiger partial charge in [0.15, 0.2) is 0 Å². The predicted molar refractivity (Wildman–Crippen MR) is 85.7 cm³/mol. The molecule has 126 valence electrons. The molecule has 1 amide bonds. The molecule has 3 fully saturated rings. The molecule has 5 nitrogen and oxygen atoms in total. The van der Waals surface area contributed by atoms with Crippen molar-refractivity contribution in [1.29, 1.82) is 0 Å². The Morgan fingerprint density at radius 2 is 2.22 bits per heavy atom. The number of nitrogens with one attached hydrogen (secondary N) is 1. The molecule has 0 aromatic carbocycles. The maximum absolute atomic E-state index is 12.6. The van der Waals surface area contributed by atoms with Crippen LogP contribution < -0.4 is 5.32 Å². The van der Waals surface area contributed by atoms with Crippen molar-refractivity contribution in [1.82, 2.24) is 10.2 Å². The first-order valence-corrected chi connectivity index (χ1v) is 8.92. The Balaban J connectivity index is 1.37. The number of hydrogen-bond donors (Lipinski definition) is 1. The maximum Gasteiger partial charge on any atom is 0.223 e. The fourth-order valence-corrected chi connectivity index (χ4v) is 3.99. The number of fused-ring (bicyclic) bond motifs is 1. The van der Waals surface area contributed by atoms with Gasteiger partial charge in [0.1, 0.15) is 0 Å². The van der Waals surface area contributed by atoms with Crippen LogP contribution in [0.15, 0.2) is 23.0 Å². The van der Waals surface area contributed by atoms with Gasteiger partial charge < -0.3 is 14.5 Å². The van der Waals surface area contributed by atoms with Crippen molar-refractivity contribution < 1.29 is 13.9 Å². The van der Waals surface area contributed by atoms with Crippen molar-refractivity contribution in [3.8, 4) is 0 Å². The van der Waals surface area contributed by atoms with Crippen LogP contribution in [0.2, 0.25) is 0 Å². The lowest BCUT2D eigenvalue weighted by atomic mass is 9.79. The number of nitrogens with zero attached hydrogens (tertiary/aromatic N) is 1. The van der Waals surface area contributed by atoms with E-state index in [1.807, 2.05) is 12.3 Å². The van der Waals surface area contributed by atoms with Crippen LogP contribution in [0.3, 0.4) is 0 Å². The molecule has 4 rings (SSSR count). The van der Waals surface area contributed by atoms with E-state index in [1.165, 1.54) is 18.4 Å². The Morgan fingerprint density at radius 1 is 1.30 bits per heavy atom. The second kappa shape index (κ2) is 6.65. The van der Waals surface area contributed by atoms with Crippen LogP contribution in [0.1, 0.15) is 31.2 Å². The zero-order valence-electron chi connectivity index (χ0n) is 13.6. The molecular weight excluding hydrogens is 292 g/mol. The molecule has 1 aromatic rings. The van der Waals surface area contributed by atoms with Crippen molar-refractivity contribution >= 4 is 5.91 Å². The van der Waals surface area contributed by atoms with Gasteiger partial charge in [0.25, 0.3) is 0 Å². The van der Waals surface area contributed by atoms with Crippen LogP contribution in [0, 0.1) is 17.8 Å². The lowest BCUT2D eigenvalue weighted by molar-refractivity contribution is -0.142. The highest BCUT2D eigenvalue weighted by atomic mass is 16.5. The molecule has 3 atom stereocenters. The fraction of sp³-hybridized carbons (Fsp3) is 0.722. The van der Waals surface area contributed by atoms with Crippen LogP contribution in [-0.4, -0.2) is 43.2 Å². The van der Waals surface area contributed by atoms with E-state index in [-0.39, 0.29) is 17.9 Å². The number of piperidine rings is 1. The molecule has 3 aliphatic rings. The van der Waals surface area contributed by atoms with E-state index in [1.54, 1.807) is 6.26 Å². The summed E-state index contributed by atoms with van der Waals surface area (Å²) >= 11 is 0. The van der Waals surface area contributed by atoms with Crippen LogP contribution in [0.4, 0.5) is 0 Å². The minimum Gasteiger partial charge on any atom is -0.472 e. The molecule has 1 saturated carbocycles. The van der Waals surface area contributed by atoms with Gasteiger partial charge in [-0.25, -0.2) is 0 Å². The Morgan fingerprint density at radius 3 is 3.00 bits per heavy atom. The molecule has 1 aliphatic carbocycles. The van der Waals surface area contributed by atoms with Crippen molar-refractivity contribution in [2.75, 3.05) is 26.2 Å². The van der Waals surface area contributed by atoms with E-state index in [4.69, 9.17) is 9.15 Å². The molecule has 3 heterocycles. The Bertz CT molecular complexity index is 526. The topological polar surface area (TPSA) is 54.7 Å². The Kier molecular flexibility index (Phi) is 4.40. The summed E-state index contributed by atoms with van der Waals surface area (Å²) in [5.41, 5.74) is 1.20. The first-order chi connectivity index (χ1) is 11.3. The third-order valence-electron chi connectivity index (χ3n) is 5.54. The van der Waals surface area contributed by atoms with Crippen LogP contribution in [-0.2, 0) is 16.1 Å². The predicted octanol–water partition coefficient (Wildman–Crippen LogP) is 2.03. The summed E-state index contributed by atoms with van der Waals surface area (Å²) in [4.78, 5) is 15.0. The zero-order valence-corrected chi connectivity index (χ0v) is 13.6. The normalized spacial score (nSPS) is 31.6. The van der Waals surface area contributed by atoms with Crippen molar-refractivity contribution in [2.45, 2.75) is 38.3 Å². The molecule has 23 heavy (non-hydrogen) atoms. The third kappa shape index (κ3) is 3.61. The van der Waals surface area contributed by atoms with E-state index in [0.717, 1.165) is 51.5 Å². The van der Waals surface area contributed by atoms with Gasteiger partial charge in [-0.05, 0) is 37.7 Å². The van der Waals surface area contributed by atoms with Crippen LogP contribution >= 0.6 is 0 Å². The Hall–Kier alpha value is -1.33. The average molecular weight is 318 g/mol. The highest BCUT2D eigenvalue weighted by Crippen LogP contribution is 2.34. The number of hydrogen-bond acceptors (Lipinski definition) is 4. The minimum atomic E-state index is 0.111. The number of furan rings is 1. The molecular formula is C18H26N2O3. The van der Waals surface area contributed by atoms with Crippen molar-refractivity contribution in [2.24, 2.45) is 17.8 Å². The van der Waals surface area contributed by atoms with E-state index >= 15 is 0 Å². The largest absolute Gasteiger partial charge is 0.472 e. The van der Waals surface area contributed by atoms with Gasteiger partial charge in [-0.1, -0.05) is 0 Å². The highest BCUT2D eigenvalue weighted by molar-refractivity contribution is 5.79. The van der Waals surface area contributed by atoms with E-state index in [9.17, 15) is 4.79 Å². The lowest BCUT2D eigenvalue weighted by Crippen LogP contribution is -2.53. The SMILES string of the molecule is O=C(NCC1CC1)[C@@H]1CCO[C@@H]2CCN(Cc3ccoc3)C[C@H]21. The number of rotatable bonds is 5. The summed E-state index contributed by atoms with van der Waals surface area (Å²) in [6.07, 6.45) is 8.22. The molecule has 0 bridgehead atoms. The van der Waals surface area contributed by atoms with E-state index in [0.29, 0.717) is 5.92 Å². The molecule has 2 aliphatic heterocycles. The molecule has 0 spiro atoms. The number of carbonyl (C=O) groups excluding carboxylic acids is 1. The molecule has 5 heteroatoms. The number of ether oxygens (including phenoxy) is 1. The molecule has 1 N–H and O–H groups in total. The second-order valence-corrected chi connectivity index (χ2v) is 7.31. The van der Waals surface area contributed by atoms with Gasteiger partial charge in [0.05, 0.1) is 18.6 Å². The third-order valence-corrected chi connectivity index (χ3v) is 5.54. The van der Waals surface area contributed by atoms with Gasteiger partial charge >= 0.3 is 0 Å². The number of carbonyl (C=O) groups is 1. The van der Waals surface area contributed by atoms with Crippen molar-refractivity contribution in [3.63, 3.8) is 0 Å². The van der Waals surface area contributed by atoms with Gasteiger partial charge in [-0.15, -0.1) is 0 Å². The standard InChI is InChI=1S/C18H26N2O3/c21-18(19-9-13-1-2-13)15-5-8-23-17-3-6-20(11-16(15)17)10-14-4-7-22-12-14/h4,7,12-13,15-17H,1-3,5-6,8-11H2,(H,19,21)/t15-,16+,17-/m1/s1. The quantitative estimate of drug-likeness (QED) is 0.902. The molecule has 0 radical (unpaired) electrons. The molecule has 2 saturated heterocycles. The smallest absolute Gasteiger partial charge is 0.223 e. The number of amides is 1. The van der Waals surface area contributed by atoms with Gasteiger partial charge in [-0.3, -0.25) is 9.69 Å². The monoisotopic (exact) mass is 318 g/mol. The summed E-state index contributed by atoms with van der Waals surface area (Å²) in [6.45, 7) is 4.47. The van der Waals surface area contributed by atoms with Gasteiger partial charge in [-0.2, -0.15) is 0 Å². The number of likely N-dealkylation sites (tertiary alicyclic amines) is 1. The molecule has 0 unspecified atom stereocenters. The average Bonchev–Trinajstić information content (AvgIpc) is 3.27. The van der Waals surface area contributed by atoms with Gasteiger partial charge in [0.2, 0.25) is 5.91 Å². The summed E-state index contributed by atoms with van der Waals surface area (Å²) in [5.74, 6) is 1.42. The lowest BCUT2D eigenvalue weighted by Gasteiger charge is -2.44. The minimum absolute atomic E-state index is 0.111. The van der Waals surface area contributed by atoms with E-state index < -0.39 is 0 Å². The molecule has 1 aromatic heterocycles. The zero-order chi connectivity index (χ0) is 15.6. The first-order valence-electron chi connectivity index (χ1n) is 8.92. The highest BCUT2D eigenvalue weighted by Gasteiger charge is 2.41. The summed E-state index contributed by atoms with van der Waals surface area (Å²) < 4.78 is 11.1. The van der Waals surface area contributed by atoms with Crippen molar-refractivity contribution in [3.05, 3.63) is 24.2 Å². The van der Waals surface area contributed by atoms with Crippen LogP contribution in [0.25, 0.3) is 0 Å². The summed E-state index contributed by atoms with van der Waals surface area (Å²) in [6, 6.07) is 2.02. The Labute approximate surface area is 137 Å². The fourth-order valence-electron chi connectivity index (χ4n) is 3.99. The summed E-state index contributed by atoms with van der Waals surface area (Å²) in [5, 5.41) is 3.18. The van der Waals surface area contributed by atoms with Gasteiger partial charge in [0, 0.05) is 50.2 Å². The van der Waals surface area contributed by atoms with E-state index in [2.05, 4.69) is 10.2 Å².